The maximum Gasteiger partial charge on any atom is 0.276 e. The Kier molecular flexibility index (Phi) is 4.98. The van der Waals surface area contributed by atoms with Crippen LogP contribution in [0, 0.1) is 12.8 Å². The molecule has 26 heavy (non-hydrogen) atoms. The highest BCUT2D eigenvalue weighted by Crippen LogP contribution is 2.26. The topological polar surface area (TPSA) is 78.7 Å². The van der Waals surface area contributed by atoms with E-state index in [4.69, 9.17) is 4.42 Å². The first-order valence-electron chi connectivity index (χ1n) is 9.85. The molecule has 0 aromatic carbocycles. The molecule has 3 fully saturated rings. The summed E-state index contributed by atoms with van der Waals surface area (Å²) in [5.41, 5.74) is 0.429. The minimum atomic E-state index is -0.0324. The molecular formula is C19H28N4O3. The normalized spacial score (nSPS) is 25.3. The molecule has 3 aliphatic rings. The molecule has 4 rings (SSSR count). The molecule has 1 saturated carbocycles. The molecule has 1 atom stereocenters. The average Bonchev–Trinajstić information content (AvgIpc) is 3.39. The highest BCUT2D eigenvalue weighted by atomic mass is 16.3. The Balaban J connectivity index is 1.29. The summed E-state index contributed by atoms with van der Waals surface area (Å²) >= 11 is 0. The van der Waals surface area contributed by atoms with Crippen LogP contribution >= 0.6 is 0 Å². The number of carbonyl (C=O) groups excluding carboxylic acids is 2. The lowest BCUT2D eigenvalue weighted by Crippen LogP contribution is -2.51. The van der Waals surface area contributed by atoms with Crippen molar-refractivity contribution in [2.24, 2.45) is 5.92 Å². The van der Waals surface area contributed by atoms with Gasteiger partial charge in [0.1, 0.15) is 5.76 Å². The highest BCUT2D eigenvalue weighted by molar-refractivity contribution is 5.93. The molecule has 1 N–H and O–H groups in total. The zero-order valence-corrected chi connectivity index (χ0v) is 15.4. The third-order valence-electron chi connectivity index (χ3n) is 5.96. The number of rotatable bonds is 4. The first-order valence-corrected chi connectivity index (χ1v) is 9.85. The fourth-order valence-electron chi connectivity index (χ4n) is 4.19. The molecule has 1 unspecified atom stereocenters. The zero-order valence-electron chi connectivity index (χ0n) is 15.4. The smallest absolute Gasteiger partial charge is 0.276 e. The van der Waals surface area contributed by atoms with Gasteiger partial charge in [0.15, 0.2) is 12.1 Å². The van der Waals surface area contributed by atoms with E-state index in [0.717, 1.165) is 64.7 Å². The predicted octanol–water partition coefficient (Wildman–Crippen LogP) is 1.58. The molecule has 3 heterocycles. The number of carbonyl (C=O) groups is 2. The van der Waals surface area contributed by atoms with Crippen molar-refractivity contribution < 1.29 is 14.0 Å². The summed E-state index contributed by atoms with van der Waals surface area (Å²) in [4.78, 5) is 33.3. The number of aryl methyl sites for hydroxylation is 1. The fraction of sp³-hybridized carbons (Fsp3) is 0.737. The van der Waals surface area contributed by atoms with Crippen LogP contribution in [-0.4, -0.2) is 64.9 Å². The van der Waals surface area contributed by atoms with Crippen molar-refractivity contribution in [2.45, 2.75) is 57.5 Å². The van der Waals surface area contributed by atoms with Gasteiger partial charge < -0.3 is 14.6 Å². The molecule has 142 valence electrons. The average molecular weight is 360 g/mol. The van der Waals surface area contributed by atoms with Gasteiger partial charge in [-0.05, 0) is 52.0 Å². The maximum absolute atomic E-state index is 12.6. The summed E-state index contributed by atoms with van der Waals surface area (Å²) in [6, 6.07) is 0.904. The van der Waals surface area contributed by atoms with Crippen molar-refractivity contribution in [2.75, 3.05) is 26.2 Å². The number of likely N-dealkylation sites (tertiary alicyclic amines) is 2. The Bertz CT molecular complexity index is 661. The van der Waals surface area contributed by atoms with Crippen LogP contribution in [0.3, 0.4) is 0 Å². The summed E-state index contributed by atoms with van der Waals surface area (Å²) < 4.78 is 5.15. The van der Waals surface area contributed by atoms with Gasteiger partial charge in [0.25, 0.3) is 5.91 Å². The molecule has 1 aliphatic carbocycles. The molecule has 7 nitrogen and oxygen atoms in total. The summed E-state index contributed by atoms with van der Waals surface area (Å²) in [6.07, 6.45) is 7.60. The largest absolute Gasteiger partial charge is 0.448 e. The number of hydrogen-bond acceptors (Lipinski definition) is 5. The molecule has 0 radical (unpaired) electrons. The van der Waals surface area contributed by atoms with Crippen LogP contribution in [0.1, 0.15) is 54.8 Å². The van der Waals surface area contributed by atoms with Crippen molar-refractivity contribution in [3.63, 3.8) is 0 Å². The molecule has 2 saturated heterocycles. The van der Waals surface area contributed by atoms with Crippen molar-refractivity contribution in [3.05, 3.63) is 17.8 Å². The van der Waals surface area contributed by atoms with Gasteiger partial charge in [-0.2, -0.15) is 0 Å². The van der Waals surface area contributed by atoms with Gasteiger partial charge in [-0.15, -0.1) is 0 Å². The standard InChI is InChI=1S/C19H28N4O3/c1-13-17(20-12-26-13)19(25)22-9-6-16(7-10-22)23-8-2-3-14(11-23)18(24)21-15-4-5-15/h12,14-16H,2-11H2,1H3,(H,21,24). The van der Waals surface area contributed by atoms with Crippen LogP contribution in [0.4, 0.5) is 0 Å². The van der Waals surface area contributed by atoms with Crippen molar-refractivity contribution >= 4 is 11.8 Å². The van der Waals surface area contributed by atoms with Crippen LogP contribution in [0.2, 0.25) is 0 Å². The molecule has 1 aromatic heterocycles. The zero-order chi connectivity index (χ0) is 18.1. The summed E-state index contributed by atoms with van der Waals surface area (Å²) in [7, 11) is 0. The van der Waals surface area contributed by atoms with Gasteiger partial charge in [0.05, 0.1) is 5.92 Å². The Hall–Kier alpha value is -1.89. The lowest BCUT2D eigenvalue weighted by molar-refractivity contribution is -0.127. The molecule has 1 aromatic rings. The SMILES string of the molecule is Cc1ocnc1C(=O)N1CCC(N2CCCC(C(=O)NC3CC3)C2)CC1. The predicted molar refractivity (Wildman–Crippen MR) is 95.6 cm³/mol. The Morgan fingerprint density at radius 2 is 1.92 bits per heavy atom. The van der Waals surface area contributed by atoms with Gasteiger partial charge in [0, 0.05) is 31.7 Å². The number of nitrogens with zero attached hydrogens (tertiary/aromatic N) is 3. The van der Waals surface area contributed by atoms with Crippen molar-refractivity contribution in [3.8, 4) is 0 Å². The second-order valence-corrected chi connectivity index (χ2v) is 7.90. The number of oxazole rings is 1. The van der Waals surface area contributed by atoms with E-state index in [1.807, 2.05) is 4.90 Å². The Labute approximate surface area is 154 Å². The van der Waals surface area contributed by atoms with Crippen LogP contribution in [0.5, 0.6) is 0 Å². The fourth-order valence-corrected chi connectivity index (χ4v) is 4.19. The highest BCUT2D eigenvalue weighted by Gasteiger charge is 2.34. The number of aromatic nitrogens is 1. The third kappa shape index (κ3) is 3.77. The molecule has 7 heteroatoms. The third-order valence-corrected chi connectivity index (χ3v) is 5.96. The number of nitrogens with one attached hydrogen (secondary N) is 1. The van der Waals surface area contributed by atoms with Crippen LogP contribution < -0.4 is 5.32 Å². The minimum absolute atomic E-state index is 0.0324. The summed E-state index contributed by atoms with van der Waals surface area (Å²) in [5, 5.41) is 3.16. The molecule has 0 bridgehead atoms. The van der Waals surface area contributed by atoms with E-state index >= 15 is 0 Å². The molecular weight excluding hydrogens is 332 g/mol. The molecule has 2 aliphatic heterocycles. The quantitative estimate of drug-likeness (QED) is 0.882. The second kappa shape index (κ2) is 7.39. The monoisotopic (exact) mass is 360 g/mol. The van der Waals surface area contributed by atoms with Gasteiger partial charge in [0.2, 0.25) is 5.91 Å². The maximum atomic E-state index is 12.6. The van der Waals surface area contributed by atoms with E-state index in [2.05, 4.69) is 15.2 Å². The van der Waals surface area contributed by atoms with E-state index in [-0.39, 0.29) is 17.7 Å². The van der Waals surface area contributed by atoms with Crippen LogP contribution in [0.15, 0.2) is 10.8 Å². The van der Waals surface area contributed by atoms with E-state index in [0.29, 0.717) is 23.5 Å². The van der Waals surface area contributed by atoms with Crippen LogP contribution in [-0.2, 0) is 4.79 Å². The number of piperidine rings is 2. The first-order chi connectivity index (χ1) is 12.6. The van der Waals surface area contributed by atoms with Gasteiger partial charge in [-0.1, -0.05) is 0 Å². The Morgan fingerprint density at radius 3 is 2.58 bits per heavy atom. The Morgan fingerprint density at radius 1 is 1.15 bits per heavy atom. The van der Waals surface area contributed by atoms with E-state index in [1.165, 1.54) is 6.39 Å². The lowest BCUT2D eigenvalue weighted by Gasteiger charge is -2.42. The van der Waals surface area contributed by atoms with E-state index in [1.54, 1.807) is 6.92 Å². The van der Waals surface area contributed by atoms with Crippen molar-refractivity contribution in [1.82, 2.24) is 20.1 Å². The number of hydrogen-bond donors (Lipinski definition) is 1. The first kappa shape index (κ1) is 17.5. The lowest BCUT2D eigenvalue weighted by atomic mass is 9.93. The van der Waals surface area contributed by atoms with Gasteiger partial charge in [-0.25, -0.2) is 4.98 Å². The number of amides is 2. The van der Waals surface area contributed by atoms with E-state index < -0.39 is 0 Å². The molecule has 0 spiro atoms. The van der Waals surface area contributed by atoms with Crippen LogP contribution in [0.25, 0.3) is 0 Å². The van der Waals surface area contributed by atoms with Gasteiger partial charge >= 0.3 is 0 Å². The van der Waals surface area contributed by atoms with E-state index in [9.17, 15) is 9.59 Å². The summed E-state index contributed by atoms with van der Waals surface area (Å²) in [5.74, 6) is 0.917. The van der Waals surface area contributed by atoms with Gasteiger partial charge in [-0.3, -0.25) is 14.5 Å². The summed E-state index contributed by atoms with van der Waals surface area (Å²) in [6.45, 7) is 5.18. The molecule has 2 amide bonds. The second-order valence-electron chi connectivity index (χ2n) is 7.90. The van der Waals surface area contributed by atoms with Crippen molar-refractivity contribution in [1.29, 1.82) is 0 Å². The minimum Gasteiger partial charge on any atom is -0.448 e.